The summed E-state index contributed by atoms with van der Waals surface area (Å²) in [5.41, 5.74) is -0.846. The van der Waals surface area contributed by atoms with Gasteiger partial charge in [-0.15, -0.1) is 0 Å². The predicted octanol–water partition coefficient (Wildman–Crippen LogP) is 4.71. The Kier molecular flexibility index (Phi) is 10.7. The van der Waals surface area contributed by atoms with Gasteiger partial charge >= 0.3 is 35.4 Å². The van der Waals surface area contributed by atoms with Crippen molar-refractivity contribution in [2.75, 3.05) is 20.7 Å². The molecule has 1 aromatic heterocycles. The molecule has 16 heteroatoms. The molecule has 246 valence electrons. The van der Waals surface area contributed by atoms with Gasteiger partial charge in [0, 0.05) is 32.1 Å². The third-order valence-electron chi connectivity index (χ3n) is 6.37. The molecule has 16 nitrogen and oxygen atoms in total. The molecule has 1 unspecified atom stereocenters. The lowest BCUT2D eigenvalue weighted by molar-refractivity contribution is -0.387. The maximum Gasteiger partial charge on any atom is 0.392 e. The maximum absolute atomic E-state index is 12.7. The molecule has 0 aliphatic heterocycles. The van der Waals surface area contributed by atoms with Crippen molar-refractivity contribution in [2.24, 2.45) is 0 Å². The van der Waals surface area contributed by atoms with Crippen molar-refractivity contribution < 1.29 is 48.5 Å². The second-order valence-corrected chi connectivity index (χ2v) is 10.0. The molecular formula is C32H27N5O11. The molecule has 0 fully saturated rings. The number of aromatic nitrogens is 2. The van der Waals surface area contributed by atoms with Crippen LogP contribution in [0.4, 0.5) is 5.69 Å². The van der Waals surface area contributed by atoms with E-state index in [1.165, 1.54) is 37.2 Å². The van der Waals surface area contributed by atoms with Crippen LogP contribution in [0.25, 0.3) is 0 Å². The number of hydrogen-bond donors (Lipinski definition) is 2. The number of benzene rings is 3. The molecule has 3 aromatic carbocycles. The van der Waals surface area contributed by atoms with Gasteiger partial charge in [0.25, 0.3) is 5.91 Å². The van der Waals surface area contributed by atoms with E-state index in [1.807, 2.05) is 6.07 Å². The smallest absolute Gasteiger partial charge is 0.392 e. The molecule has 0 radical (unpaired) electrons. The third-order valence-corrected chi connectivity index (χ3v) is 6.37. The summed E-state index contributed by atoms with van der Waals surface area (Å²) in [5, 5.41) is 41.5. The van der Waals surface area contributed by atoms with Crippen molar-refractivity contribution in [1.82, 2.24) is 14.9 Å². The first-order valence-corrected chi connectivity index (χ1v) is 14.0. The van der Waals surface area contributed by atoms with Crippen LogP contribution in [0, 0.1) is 21.4 Å². The standard InChI is InChI=1S/C32H27N5O11/c1-4-45-23-11-10-19(17-33)13-24(23)48-32-34-27(46-22-15-20(29(38)36(2)3)14-21(16-22)30(39)40)26(37(43)44)28(35-32)47-25(31(41)42)12-18-8-6-5-7-9-18/h5-11,13-16,25H,4,12H2,1-3H3,(H,39,40)(H,41,42). The molecule has 0 aliphatic rings. The van der Waals surface area contributed by atoms with Crippen molar-refractivity contribution in [2.45, 2.75) is 19.4 Å². The molecule has 0 saturated carbocycles. The molecule has 0 spiro atoms. The lowest BCUT2D eigenvalue weighted by Crippen LogP contribution is -2.30. The van der Waals surface area contributed by atoms with E-state index in [1.54, 1.807) is 37.3 Å². The van der Waals surface area contributed by atoms with E-state index in [0.29, 0.717) is 5.56 Å². The number of carbonyl (C=O) groups is 3. The van der Waals surface area contributed by atoms with Crippen LogP contribution in [0.15, 0.2) is 66.7 Å². The number of carboxylic acids is 2. The number of nitro groups is 1. The quantitative estimate of drug-likeness (QED) is 0.138. The maximum atomic E-state index is 12.7. The monoisotopic (exact) mass is 657 g/mol. The second-order valence-electron chi connectivity index (χ2n) is 10.0. The Balaban J connectivity index is 1.90. The van der Waals surface area contributed by atoms with Gasteiger partial charge in [-0.1, -0.05) is 30.3 Å². The summed E-state index contributed by atoms with van der Waals surface area (Å²) in [6, 6.07) is 17.1. The fourth-order valence-corrected chi connectivity index (χ4v) is 4.20. The average molecular weight is 658 g/mol. The summed E-state index contributed by atoms with van der Waals surface area (Å²) in [7, 11) is 2.87. The zero-order valence-corrected chi connectivity index (χ0v) is 25.6. The van der Waals surface area contributed by atoms with Gasteiger partial charge in [-0.3, -0.25) is 14.9 Å². The number of hydrogen-bond acceptors (Lipinski definition) is 12. The van der Waals surface area contributed by atoms with E-state index in [-0.39, 0.29) is 47.0 Å². The zero-order chi connectivity index (χ0) is 35.0. The number of carboxylic acid groups (broad SMARTS) is 2. The van der Waals surface area contributed by atoms with Crippen LogP contribution in [0.1, 0.15) is 38.8 Å². The lowest BCUT2D eigenvalue weighted by atomic mass is 10.1. The van der Waals surface area contributed by atoms with Crippen molar-refractivity contribution in [3.05, 3.63) is 99.1 Å². The van der Waals surface area contributed by atoms with Gasteiger partial charge in [-0.05, 0) is 42.8 Å². The highest BCUT2D eigenvalue weighted by Crippen LogP contribution is 2.41. The summed E-state index contributed by atoms with van der Waals surface area (Å²) < 4.78 is 22.7. The number of aliphatic carboxylic acids is 1. The number of amides is 1. The molecule has 1 amide bonds. The Bertz CT molecular complexity index is 1910. The minimum atomic E-state index is -1.69. The number of aromatic carboxylic acids is 1. The first kappa shape index (κ1) is 34.1. The molecule has 4 rings (SSSR count). The highest BCUT2D eigenvalue weighted by molar-refractivity contribution is 5.98. The van der Waals surface area contributed by atoms with E-state index in [4.69, 9.17) is 18.9 Å². The summed E-state index contributed by atoms with van der Waals surface area (Å²) in [5.74, 6) is -5.48. The summed E-state index contributed by atoms with van der Waals surface area (Å²) in [6.45, 7) is 1.89. The minimum Gasteiger partial charge on any atom is -0.490 e. The Morgan fingerprint density at radius 3 is 2.25 bits per heavy atom. The van der Waals surface area contributed by atoms with E-state index >= 15 is 0 Å². The Morgan fingerprint density at radius 2 is 1.65 bits per heavy atom. The molecule has 48 heavy (non-hydrogen) atoms. The summed E-state index contributed by atoms with van der Waals surface area (Å²) in [4.78, 5) is 57.5. The molecule has 2 N–H and O–H groups in total. The number of nitrogens with zero attached hydrogens (tertiary/aromatic N) is 5. The largest absolute Gasteiger partial charge is 0.490 e. The van der Waals surface area contributed by atoms with Gasteiger partial charge in [0.15, 0.2) is 11.5 Å². The normalized spacial score (nSPS) is 11.0. The van der Waals surface area contributed by atoms with Crippen LogP contribution in [0.3, 0.4) is 0 Å². The van der Waals surface area contributed by atoms with Crippen molar-refractivity contribution in [1.29, 1.82) is 5.26 Å². The van der Waals surface area contributed by atoms with E-state index < -0.39 is 52.3 Å². The van der Waals surface area contributed by atoms with Crippen LogP contribution >= 0.6 is 0 Å². The molecule has 0 bridgehead atoms. The van der Waals surface area contributed by atoms with E-state index in [9.17, 15) is 40.0 Å². The number of ether oxygens (including phenoxy) is 4. The third kappa shape index (κ3) is 8.28. The number of rotatable bonds is 14. The Morgan fingerprint density at radius 1 is 0.958 bits per heavy atom. The Hall–Kier alpha value is -6.76. The van der Waals surface area contributed by atoms with Gasteiger partial charge in [0.05, 0.1) is 28.7 Å². The second kappa shape index (κ2) is 15.0. The van der Waals surface area contributed by atoms with Crippen LogP contribution in [-0.2, 0) is 11.2 Å². The molecule has 0 aliphatic carbocycles. The van der Waals surface area contributed by atoms with Crippen LogP contribution in [-0.4, -0.2) is 74.7 Å². The molecule has 1 atom stereocenters. The fraction of sp³-hybridized carbons (Fsp3) is 0.188. The van der Waals surface area contributed by atoms with Crippen LogP contribution in [0.5, 0.6) is 35.0 Å². The van der Waals surface area contributed by atoms with Crippen molar-refractivity contribution >= 4 is 23.5 Å². The zero-order valence-electron chi connectivity index (χ0n) is 25.6. The highest BCUT2D eigenvalue weighted by Gasteiger charge is 2.34. The predicted molar refractivity (Wildman–Crippen MR) is 165 cm³/mol. The van der Waals surface area contributed by atoms with Crippen molar-refractivity contribution in [3.63, 3.8) is 0 Å². The van der Waals surface area contributed by atoms with Gasteiger partial charge < -0.3 is 34.1 Å². The first-order chi connectivity index (χ1) is 22.9. The fourth-order valence-electron chi connectivity index (χ4n) is 4.20. The molecule has 4 aromatic rings. The summed E-state index contributed by atoms with van der Waals surface area (Å²) >= 11 is 0. The molecule has 0 saturated heterocycles. The van der Waals surface area contributed by atoms with E-state index in [0.717, 1.165) is 18.2 Å². The molecular weight excluding hydrogens is 630 g/mol. The summed E-state index contributed by atoms with van der Waals surface area (Å²) in [6.07, 6.45) is -1.92. The first-order valence-electron chi connectivity index (χ1n) is 14.0. The lowest BCUT2D eigenvalue weighted by Gasteiger charge is -2.17. The average Bonchev–Trinajstić information content (AvgIpc) is 3.04. The van der Waals surface area contributed by atoms with Gasteiger partial charge in [-0.2, -0.15) is 15.2 Å². The van der Waals surface area contributed by atoms with Crippen LogP contribution in [0.2, 0.25) is 0 Å². The SMILES string of the molecule is CCOc1ccc(C#N)cc1Oc1nc(Oc2cc(C(=O)O)cc(C(=O)N(C)C)c2)c([N+](=O)[O-])c(OC(Cc2ccccc2)C(=O)O)n1. The van der Waals surface area contributed by atoms with Gasteiger partial charge in [0.1, 0.15) is 5.75 Å². The number of nitriles is 1. The molecule has 1 heterocycles. The van der Waals surface area contributed by atoms with Gasteiger partial charge in [0.2, 0.25) is 6.10 Å². The topological polar surface area (TPSA) is 225 Å². The van der Waals surface area contributed by atoms with Crippen LogP contribution < -0.4 is 18.9 Å². The Labute approximate surface area is 272 Å². The van der Waals surface area contributed by atoms with Gasteiger partial charge in [-0.25, -0.2) is 9.59 Å². The number of carbonyl (C=O) groups excluding carboxylic acids is 1. The van der Waals surface area contributed by atoms with Crippen molar-refractivity contribution in [3.8, 4) is 41.1 Å². The minimum absolute atomic E-state index is 0.0764. The van der Waals surface area contributed by atoms with E-state index in [2.05, 4.69) is 9.97 Å². The highest BCUT2D eigenvalue weighted by atomic mass is 16.6.